The molecule has 3 nitrogen and oxygen atoms in total. The van der Waals surface area contributed by atoms with Gasteiger partial charge in [0.1, 0.15) is 24.7 Å². The van der Waals surface area contributed by atoms with Gasteiger partial charge in [-0.1, -0.05) is 30.3 Å². The zero-order valence-corrected chi connectivity index (χ0v) is 11.7. The highest BCUT2D eigenvalue weighted by Crippen LogP contribution is 2.25. The number of ether oxygens (including phenoxy) is 1. The zero-order valence-electron chi connectivity index (χ0n) is 11.7. The van der Waals surface area contributed by atoms with Crippen LogP contribution in [0.5, 0.6) is 5.75 Å². The second kappa shape index (κ2) is 6.35. The molecule has 1 N–H and O–H groups in total. The number of aliphatic hydroxyl groups is 1. The topological polar surface area (TPSA) is 46.5 Å². The molecule has 0 aliphatic heterocycles. The van der Waals surface area contributed by atoms with Gasteiger partial charge in [0.15, 0.2) is 0 Å². The van der Waals surface area contributed by atoms with E-state index in [4.69, 9.17) is 4.74 Å². The van der Waals surface area contributed by atoms with Crippen molar-refractivity contribution in [1.82, 2.24) is 0 Å². The van der Waals surface area contributed by atoms with E-state index >= 15 is 0 Å². The van der Waals surface area contributed by atoms with Crippen molar-refractivity contribution >= 4 is 6.29 Å². The van der Waals surface area contributed by atoms with Crippen LogP contribution in [0, 0.1) is 13.8 Å². The third-order valence-corrected chi connectivity index (χ3v) is 3.19. The summed E-state index contributed by atoms with van der Waals surface area (Å²) < 4.78 is 5.72. The molecule has 0 bridgehead atoms. The standard InChI is InChI=1S/C17H18O3/c1-12-8-14(10-18)9-13(2)17(12)20-11-16(19)15-6-4-3-5-7-15/h3-10,16,19H,11H2,1-2H3. The molecule has 0 saturated carbocycles. The number of aldehydes is 1. The van der Waals surface area contributed by atoms with Crippen LogP contribution in [0.4, 0.5) is 0 Å². The van der Waals surface area contributed by atoms with Crippen molar-refractivity contribution in [2.45, 2.75) is 20.0 Å². The Bertz CT molecular complexity index is 567. The Morgan fingerprint density at radius 1 is 1.15 bits per heavy atom. The number of hydrogen-bond donors (Lipinski definition) is 1. The highest BCUT2D eigenvalue weighted by molar-refractivity contribution is 5.76. The van der Waals surface area contributed by atoms with Gasteiger partial charge in [-0.05, 0) is 42.7 Å². The monoisotopic (exact) mass is 270 g/mol. The van der Waals surface area contributed by atoms with Crippen LogP contribution < -0.4 is 4.74 Å². The number of aliphatic hydroxyl groups excluding tert-OH is 1. The minimum absolute atomic E-state index is 0.187. The first-order valence-corrected chi connectivity index (χ1v) is 6.54. The molecule has 3 heteroatoms. The van der Waals surface area contributed by atoms with Gasteiger partial charge in [0.25, 0.3) is 0 Å². The van der Waals surface area contributed by atoms with Gasteiger partial charge in [0.2, 0.25) is 0 Å². The molecule has 2 aromatic carbocycles. The van der Waals surface area contributed by atoms with Crippen LogP contribution >= 0.6 is 0 Å². The quantitative estimate of drug-likeness (QED) is 0.848. The van der Waals surface area contributed by atoms with E-state index in [1.54, 1.807) is 12.1 Å². The van der Waals surface area contributed by atoms with Crippen LogP contribution in [0.3, 0.4) is 0 Å². The molecule has 104 valence electrons. The molecule has 0 radical (unpaired) electrons. The Balaban J connectivity index is 2.10. The van der Waals surface area contributed by atoms with E-state index in [0.717, 1.165) is 28.7 Å². The Morgan fingerprint density at radius 2 is 1.75 bits per heavy atom. The van der Waals surface area contributed by atoms with E-state index in [0.29, 0.717) is 5.56 Å². The number of hydrogen-bond acceptors (Lipinski definition) is 3. The second-order valence-corrected chi connectivity index (χ2v) is 4.84. The highest BCUT2D eigenvalue weighted by atomic mass is 16.5. The van der Waals surface area contributed by atoms with E-state index in [-0.39, 0.29) is 6.61 Å². The Hall–Kier alpha value is -2.13. The summed E-state index contributed by atoms with van der Waals surface area (Å²) >= 11 is 0. The van der Waals surface area contributed by atoms with Crippen molar-refractivity contribution in [3.05, 3.63) is 64.7 Å². The van der Waals surface area contributed by atoms with Crippen molar-refractivity contribution in [2.75, 3.05) is 6.61 Å². The summed E-state index contributed by atoms with van der Waals surface area (Å²) in [5, 5.41) is 10.1. The summed E-state index contributed by atoms with van der Waals surface area (Å²) in [7, 11) is 0. The molecule has 0 amide bonds. The lowest BCUT2D eigenvalue weighted by atomic mass is 10.1. The van der Waals surface area contributed by atoms with E-state index in [2.05, 4.69) is 0 Å². The number of rotatable bonds is 5. The summed E-state index contributed by atoms with van der Waals surface area (Å²) in [6, 6.07) is 13.0. The summed E-state index contributed by atoms with van der Waals surface area (Å²) in [6.45, 7) is 3.97. The normalized spacial score (nSPS) is 11.9. The Labute approximate surface area is 118 Å². The number of carbonyl (C=O) groups excluding carboxylic acids is 1. The second-order valence-electron chi connectivity index (χ2n) is 4.84. The van der Waals surface area contributed by atoms with Gasteiger partial charge in [-0.3, -0.25) is 4.79 Å². The average molecular weight is 270 g/mol. The molecular weight excluding hydrogens is 252 g/mol. The molecule has 0 fully saturated rings. The SMILES string of the molecule is Cc1cc(C=O)cc(C)c1OCC(O)c1ccccc1. The minimum Gasteiger partial charge on any atom is -0.490 e. The van der Waals surface area contributed by atoms with Crippen molar-refractivity contribution in [1.29, 1.82) is 0 Å². The predicted molar refractivity (Wildman–Crippen MR) is 78.2 cm³/mol. The van der Waals surface area contributed by atoms with Gasteiger partial charge >= 0.3 is 0 Å². The third kappa shape index (κ3) is 3.25. The van der Waals surface area contributed by atoms with E-state index in [9.17, 15) is 9.90 Å². The summed E-state index contributed by atoms with van der Waals surface area (Å²) in [5.74, 6) is 0.727. The van der Waals surface area contributed by atoms with E-state index < -0.39 is 6.10 Å². The first kappa shape index (κ1) is 14.3. The number of carbonyl (C=O) groups is 1. The Kier molecular flexibility index (Phi) is 4.53. The fraction of sp³-hybridized carbons (Fsp3) is 0.235. The maximum absolute atomic E-state index is 10.8. The molecule has 1 atom stereocenters. The summed E-state index contributed by atoms with van der Waals surface area (Å²) in [5.41, 5.74) is 3.25. The largest absolute Gasteiger partial charge is 0.490 e. The predicted octanol–water partition coefficient (Wildman–Crippen LogP) is 3.23. The lowest BCUT2D eigenvalue weighted by Gasteiger charge is -2.16. The van der Waals surface area contributed by atoms with Gasteiger partial charge in [0.05, 0.1) is 0 Å². The molecule has 0 heterocycles. The Morgan fingerprint density at radius 3 is 2.30 bits per heavy atom. The highest BCUT2D eigenvalue weighted by Gasteiger charge is 2.11. The van der Waals surface area contributed by atoms with Crippen LogP contribution in [-0.2, 0) is 0 Å². The van der Waals surface area contributed by atoms with Crippen LogP contribution in [0.25, 0.3) is 0 Å². The first-order valence-electron chi connectivity index (χ1n) is 6.54. The molecule has 0 aliphatic carbocycles. The van der Waals surface area contributed by atoms with Crippen LogP contribution in [0.15, 0.2) is 42.5 Å². The lowest BCUT2D eigenvalue weighted by Crippen LogP contribution is -2.11. The first-order chi connectivity index (χ1) is 9.61. The molecule has 0 saturated heterocycles. The fourth-order valence-electron chi connectivity index (χ4n) is 2.21. The van der Waals surface area contributed by atoms with Gasteiger partial charge in [-0.2, -0.15) is 0 Å². The van der Waals surface area contributed by atoms with Crippen LogP contribution in [-0.4, -0.2) is 18.0 Å². The van der Waals surface area contributed by atoms with Crippen molar-refractivity contribution < 1.29 is 14.6 Å². The molecule has 2 rings (SSSR count). The van der Waals surface area contributed by atoms with Gasteiger partial charge in [-0.15, -0.1) is 0 Å². The van der Waals surface area contributed by atoms with Gasteiger partial charge < -0.3 is 9.84 Å². The number of benzene rings is 2. The van der Waals surface area contributed by atoms with E-state index in [1.807, 2.05) is 44.2 Å². The van der Waals surface area contributed by atoms with Crippen molar-refractivity contribution in [3.8, 4) is 5.75 Å². The zero-order chi connectivity index (χ0) is 14.5. The average Bonchev–Trinajstić information content (AvgIpc) is 2.46. The maximum atomic E-state index is 10.8. The maximum Gasteiger partial charge on any atom is 0.150 e. The van der Waals surface area contributed by atoms with Gasteiger partial charge in [-0.25, -0.2) is 0 Å². The van der Waals surface area contributed by atoms with Crippen LogP contribution in [0.2, 0.25) is 0 Å². The minimum atomic E-state index is -0.666. The van der Waals surface area contributed by atoms with E-state index in [1.165, 1.54) is 0 Å². The smallest absolute Gasteiger partial charge is 0.150 e. The van der Waals surface area contributed by atoms with Crippen molar-refractivity contribution in [2.24, 2.45) is 0 Å². The molecule has 20 heavy (non-hydrogen) atoms. The summed E-state index contributed by atoms with van der Waals surface area (Å²) in [6.07, 6.45) is 0.156. The summed E-state index contributed by atoms with van der Waals surface area (Å²) in [4.78, 5) is 10.8. The molecule has 0 aliphatic rings. The molecule has 2 aromatic rings. The van der Waals surface area contributed by atoms with Crippen molar-refractivity contribution in [3.63, 3.8) is 0 Å². The lowest BCUT2D eigenvalue weighted by molar-refractivity contribution is 0.107. The third-order valence-electron chi connectivity index (χ3n) is 3.19. The van der Waals surface area contributed by atoms with Crippen LogP contribution in [0.1, 0.15) is 33.2 Å². The number of aryl methyl sites for hydroxylation is 2. The van der Waals surface area contributed by atoms with Gasteiger partial charge in [0, 0.05) is 5.56 Å². The molecule has 0 spiro atoms. The molecule has 0 aromatic heterocycles. The molecule has 1 unspecified atom stereocenters. The fourth-order valence-corrected chi connectivity index (χ4v) is 2.21. The molecular formula is C17H18O3.